The molecule has 0 radical (unpaired) electrons. The lowest BCUT2D eigenvalue weighted by atomic mass is 10.2. The molecular weight excluding hydrogens is 292 g/mol. The van der Waals surface area contributed by atoms with Gasteiger partial charge >= 0.3 is 0 Å². The number of rotatable bonds is 4. The van der Waals surface area contributed by atoms with E-state index in [1.807, 2.05) is 12.1 Å². The fourth-order valence-electron chi connectivity index (χ4n) is 2.60. The Labute approximate surface area is 135 Å². The summed E-state index contributed by atoms with van der Waals surface area (Å²) in [6, 6.07) is 5.36. The average Bonchev–Trinajstić information content (AvgIpc) is 2.60. The van der Waals surface area contributed by atoms with Gasteiger partial charge in [-0.1, -0.05) is 0 Å². The second kappa shape index (κ2) is 7.15. The van der Waals surface area contributed by atoms with Crippen molar-refractivity contribution in [2.45, 2.75) is 6.54 Å². The standard InChI is InChI=1S/C16H20N6O/c1-17-11-14-15(23)4-3-13(20-14)12-21-7-9-22(10-8-21)16-18-5-2-6-19-16/h2-6,11,23H,7-10,12H2,1H3/b17-11+. The molecule has 23 heavy (non-hydrogen) atoms. The van der Waals surface area contributed by atoms with E-state index in [1.54, 1.807) is 31.7 Å². The Morgan fingerprint density at radius 3 is 2.61 bits per heavy atom. The molecule has 2 aromatic heterocycles. The van der Waals surface area contributed by atoms with Gasteiger partial charge in [0.15, 0.2) is 0 Å². The molecule has 120 valence electrons. The van der Waals surface area contributed by atoms with Crippen LogP contribution >= 0.6 is 0 Å². The van der Waals surface area contributed by atoms with Gasteiger partial charge in [-0.15, -0.1) is 0 Å². The first-order valence-electron chi connectivity index (χ1n) is 7.61. The van der Waals surface area contributed by atoms with Gasteiger partial charge in [-0.2, -0.15) is 0 Å². The Hall–Kier alpha value is -2.54. The zero-order valence-corrected chi connectivity index (χ0v) is 13.1. The summed E-state index contributed by atoms with van der Waals surface area (Å²) in [5, 5.41) is 9.74. The fourth-order valence-corrected chi connectivity index (χ4v) is 2.60. The molecule has 0 saturated carbocycles. The molecule has 3 heterocycles. The van der Waals surface area contributed by atoms with Crippen molar-refractivity contribution in [3.63, 3.8) is 0 Å². The molecule has 1 aliphatic rings. The Kier molecular flexibility index (Phi) is 4.77. The normalized spacial score (nSPS) is 16.1. The van der Waals surface area contributed by atoms with Crippen LogP contribution in [0.2, 0.25) is 0 Å². The van der Waals surface area contributed by atoms with Crippen molar-refractivity contribution in [1.82, 2.24) is 19.9 Å². The molecule has 1 saturated heterocycles. The van der Waals surface area contributed by atoms with Crippen molar-refractivity contribution in [1.29, 1.82) is 0 Å². The van der Waals surface area contributed by atoms with Gasteiger partial charge in [0.2, 0.25) is 5.95 Å². The van der Waals surface area contributed by atoms with Crippen LogP contribution in [0.15, 0.2) is 35.6 Å². The molecule has 0 atom stereocenters. The second-order valence-electron chi connectivity index (χ2n) is 5.41. The zero-order valence-electron chi connectivity index (χ0n) is 13.1. The van der Waals surface area contributed by atoms with Crippen molar-refractivity contribution in [3.8, 4) is 5.75 Å². The maximum atomic E-state index is 9.74. The minimum Gasteiger partial charge on any atom is -0.506 e. The van der Waals surface area contributed by atoms with E-state index in [2.05, 4.69) is 29.7 Å². The zero-order chi connectivity index (χ0) is 16.1. The number of aromatic hydroxyl groups is 1. The van der Waals surface area contributed by atoms with Gasteiger partial charge in [0.1, 0.15) is 11.4 Å². The van der Waals surface area contributed by atoms with Crippen molar-refractivity contribution in [3.05, 3.63) is 42.0 Å². The van der Waals surface area contributed by atoms with E-state index in [4.69, 9.17) is 0 Å². The fraction of sp³-hybridized carbons (Fsp3) is 0.375. The van der Waals surface area contributed by atoms with E-state index < -0.39 is 0 Å². The first-order valence-corrected chi connectivity index (χ1v) is 7.61. The second-order valence-corrected chi connectivity index (χ2v) is 5.41. The molecule has 0 spiro atoms. The lowest BCUT2D eigenvalue weighted by molar-refractivity contribution is 0.246. The van der Waals surface area contributed by atoms with Crippen molar-refractivity contribution in [2.75, 3.05) is 38.1 Å². The van der Waals surface area contributed by atoms with E-state index >= 15 is 0 Å². The minimum atomic E-state index is 0.158. The van der Waals surface area contributed by atoms with Crippen LogP contribution in [0.3, 0.4) is 0 Å². The quantitative estimate of drug-likeness (QED) is 0.847. The number of hydrogen-bond acceptors (Lipinski definition) is 7. The van der Waals surface area contributed by atoms with Gasteiger partial charge in [0.25, 0.3) is 0 Å². The average molecular weight is 312 g/mol. The molecule has 7 nitrogen and oxygen atoms in total. The summed E-state index contributed by atoms with van der Waals surface area (Å²) < 4.78 is 0. The molecule has 1 aliphatic heterocycles. The third-order valence-corrected chi connectivity index (χ3v) is 3.80. The Morgan fingerprint density at radius 2 is 1.91 bits per heavy atom. The van der Waals surface area contributed by atoms with Crippen LogP contribution in [-0.4, -0.2) is 64.4 Å². The summed E-state index contributed by atoms with van der Waals surface area (Å²) in [6.45, 7) is 4.40. The van der Waals surface area contributed by atoms with Crippen LogP contribution < -0.4 is 4.90 Å². The number of nitrogens with zero attached hydrogens (tertiary/aromatic N) is 6. The maximum absolute atomic E-state index is 9.74. The lowest BCUT2D eigenvalue weighted by Crippen LogP contribution is -2.46. The van der Waals surface area contributed by atoms with Gasteiger partial charge in [0, 0.05) is 52.2 Å². The SMILES string of the molecule is C/N=C/c1nc(CN2CCN(c3ncccn3)CC2)ccc1O. The summed E-state index contributed by atoms with van der Waals surface area (Å²) >= 11 is 0. The van der Waals surface area contributed by atoms with Gasteiger partial charge < -0.3 is 10.0 Å². The summed E-state index contributed by atoms with van der Waals surface area (Å²) in [5.41, 5.74) is 1.45. The van der Waals surface area contributed by atoms with Gasteiger partial charge in [-0.25, -0.2) is 15.0 Å². The molecule has 2 aromatic rings. The molecule has 0 unspecified atom stereocenters. The molecule has 1 N–H and O–H groups in total. The first-order chi connectivity index (χ1) is 11.3. The molecule has 0 aliphatic carbocycles. The lowest BCUT2D eigenvalue weighted by Gasteiger charge is -2.34. The highest BCUT2D eigenvalue weighted by molar-refractivity contribution is 5.80. The molecule has 0 aromatic carbocycles. The smallest absolute Gasteiger partial charge is 0.225 e. The monoisotopic (exact) mass is 312 g/mol. The third-order valence-electron chi connectivity index (χ3n) is 3.80. The van der Waals surface area contributed by atoms with Crippen molar-refractivity contribution >= 4 is 12.2 Å². The van der Waals surface area contributed by atoms with Crippen molar-refractivity contribution < 1.29 is 5.11 Å². The van der Waals surface area contributed by atoms with Crippen LogP contribution in [-0.2, 0) is 6.54 Å². The Morgan fingerprint density at radius 1 is 1.17 bits per heavy atom. The van der Waals surface area contributed by atoms with E-state index in [-0.39, 0.29) is 5.75 Å². The molecule has 0 bridgehead atoms. The van der Waals surface area contributed by atoms with Crippen LogP contribution in [0.4, 0.5) is 5.95 Å². The number of aromatic nitrogens is 3. The number of hydrogen-bond donors (Lipinski definition) is 1. The number of piperazine rings is 1. The Balaban J connectivity index is 1.60. The number of aliphatic imine (C=N–C) groups is 1. The molecule has 7 heteroatoms. The largest absolute Gasteiger partial charge is 0.506 e. The van der Waals surface area contributed by atoms with Crippen LogP contribution in [0.25, 0.3) is 0 Å². The van der Waals surface area contributed by atoms with E-state index in [0.29, 0.717) is 5.69 Å². The summed E-state index contributed by atoms with van der Waals surface area (Å²) in [4.78, 5) is 21.5. The predicted octanol–water partition coefficient (Wildman–Crippen LogP) is 0.948. The van der Waals surface area contributed by atoms with E-state index in [0.717, 1.165) is 44.4 Å². The summed E-state index contributed by atoms with van der Waals surface area (Å²) in [6.07, 6.45) is 5.11. The van der Waals surface area contributed by atoms with Gasteiger partial charge in [-0.3, -0.25) is 9.89 Å². The van der Waals surface area contributed by atoms with Crippen LogP contribution in [0.5, 0.6) is 5.75 Å². The van der Waals surface area contributed by atoms with E-state index in [9.17, 15) is 5.11 Å². The predicted molar refractivity (Wildman–Crippen MR) is 88.9 cm³/mol. The maximum Gasteiger partial charge on any atom is 0.225 e. The highest BCUT2D eigenvalue weighted by atomic mass is 16.3. The van der Waals surface area contributed by atoms with Crippen molar-refractivity contribution in [2.24, 2.45) is 4.99 Å². The first kappa shape index (κ1) is 15.4. The van der Waals surface area contributed by atoms with E-state index in [1.165, 1.54) is 0 Å². The highest BCUT2D eigenvalue weighted by Crippen LogP contribution is 2.16. The molecule has 0 amide bonds. The number of anilines is 1. The van der Waals surface area contributed by atoms with Crippen LogP contribution in [0.1, 0.15) is 11.4 Å². The van der Waals surface area contributed by atoms with Gasteiger partial charge in [0.05, 0.1) is 11.9 Å². The van der Waals surface area contributed by atoms with Crippen LogP contribution in [0, 0.1) is 0 Å². The molecule has 1 fully saturated rings. The molecule has 3 rings (SSSR count). The van der Waals surface area contributed by atoms with Gasteiger partial charge in [-0.05, 0) is 18.2 Å². The minimum absolute atomic E-state index is 0.158. The summed E-state index contributed by atoms with van der Waals surface area (Å²) in [7, 11) is 1.67. The molecular formula is C16H20N6O. The highest BCUT2D eigenvalue weighted by Gasteiger charge is 2.19. The third kappa shape index (κ3) is 3.81. The number of pyridine rings is 1. The Bertz CT molecular complexity index is 668. The topological polar surface area (TPSA) is 77.7 Å². The summed E-state index contributed by atoms with van der Waals surface area (Å²) in [5.74, 6) is 0.946.